The highest BCUT2D eigenvalue weighted by Gasteiger charge is 2.14. The summed E-state index contributed by atoms with van der Waals surface area (Å²) in [6.07, 6.45) is 1.33. The van der Waals surface area contributed by atoms with Crippen molar-refractivity contribution in [1.82, 2.24) is 15.0 Å². The topological polar surface area (TPSA) is 86.1 Å². The number of ether oxygens (including phenoxy) is 1. The van der Waals surface area contributed by atoms with Gasteiger partial charge in [-0.25, -0.2) is 4.79 Å². The lowest BCUT2D eigenvalue weighted by molar-refractivity contribution is 0.0600. The summed E-state index contributed by atoms with van der Waals surface area (Å²) in [6.45, 7) is 0. The Morgan fingerprint density at radius 3 is 2.75 bits per heavy atom. The number of hydrogen-bond donors (Lipinski definition) is 1. The van der Waals surface area contributed by atoms with Crippen LogP contribution in [0.2, 0.25) is 5.02 Å². The lowest BCUT2D eigenvalue weighted by Gasteiger charge is -2.07. The quantitative estimate of drug-likeness (QED) is 0.867. The van der Waals surface area contributed by atoms with Gasteiger partial charge in [0.15, 0.2) is 5.69 Å². The van der Waals surface area contributed by atoms with Crippen LogP contribution in [0, 0.1) is 0 Å². The molecule has 0 saturated heterocycles. The summed E-state index contributed by atoms with van der Waals surface area (Å²) in [4.78, 5) is 24.6. The van der Waals surface area contributed by atoms with Gasteiger partial charge in [0.2, 0.25) is 0 Å². The molecule has 8 heteroatoms. The summed E-state index contributed by atoms with van der Waals surface area (Å²) < 4.78 is 4.60. The Labute approximate surface area is 119 Å². The van der Waals surface area contributed by atoms with E-state index >= 15 is 0 Å². The predicted octanol–water partition coefficient (Wildman–Crippen LogP) is 1.51. The second kappa shape index (κ2) is 5.70. The molecule has 0 atom stereocenters. The molecule has 1 heterocycles. The number of amides is 1. The molecule has 1 amide bonds. The number of aryl methyl sites for hydroxylation is 1. The first kappa shape index (κ1) is 14.0. The summed E-state index contributed by atoms with van der Waals surface area (Å²) in [5.41, 5.74) is 0.726. The van der Waals surface area contributed by atoms with E-state index in [2.05, 4.69) is 20.3 Å². The monoisotopic (exact) mass is 294 g/mol. The lowest BCUT2D eigenvalue weighted by Crippen LogP contribution is -2.14. The van der Waals surface area contributed by atoms with Crippen LogP contribution in [0.15, 0.2) is 24.4 Å². The number of esters is 1. The van der Waals surface area contributed by atoms with Crippen molar-refractivity contribution in [3.63, 3.8) is 0 Å². The van der Waals surface area contributed by atoms with Crippen LogP contribution >= 0.6 is 11.6 Å². The second-order valence-corrected chi connectivity index (χ2v) is 4.27. The number of anilines is 1. The van der Waals surface area contributed by atoms with Crippen LogP contribution in [-0.4, -0.2) is 34.0 Å². The number of halogens is 1. The summed E-state index contributed by atoms with van der Waals surface area (Å²) in [6, 6.07) is 4.44. The predicted molar refractivity (Wildman–Crippen MR) is 71.7 cm³/mol. The van der Waals surface area contributed by atoms with E-state index < -0.39 is 11.9 Å². The summed E-state index contributed by atoms with van der Waals surface area (Å²) in [5, 5.41) is 10.5. The van der Waals surface area contributed by atoms with Crippen LogP contribution in [0.1, 0.15) is 20.8 Å². The van der Waals surface area contributed by atoms with Crippen molar-refractivity contribution in [2.45, 2.75) is 0 Å². The molecule has 0 aliphatic rings. The fourth-order valence-electron chi connectivity index (χ4n) is 1.50. The Bertz CT molecular complexity index is 668. The zero-order valence-corrected chi connectivity index (χ0v) is 11.5. The number of aromatic nitrogens is 3. The molecule has 0 aliphatic heterocycles. The van der Waals surface area contributed by atoms with Crippen LogP contribution in [0.3, 0.4) is 0 Å². The van der Waals surface area contributed by atoms with E-state index in [1.807, 2.05) is 0 Å². The number of methoxy groups -OCH3 is 1. The third-order valence-corrected chi connectivity index (χ3v) is 2.80. The summed E-state index contributed by atoms with van der Waals surface area (Å²) in [7, 11) is 2.87. The van der Waals surface area contributed by atoms with Crippen LogP contribution < -0.4 is 5.32 Å². The van der Waals surface area contributed by atoms with E-state index in [0.717, 1.165) is 0 Å². The third-order valence-electron chi connectivity index (χ3n) is 2.47. The minimum absolute atomic E-state index is 0.145. The molecule has 2 aromatic rings. The van der Waals surface area contributed by atoms with Gasteiger partial charge in [0, 0.05) is 7.05 Å². The van der Waals surface area contributed by atoms with Crippen LogP contribution in [0.4, 0.5) is 5.69 Å². The average molecular weight is 295 g/mol. The Kier molecular flexibility index (Phi) is 3.99. The summed E-state index contributed by atoms with van der Waals surface area (Å²) in [5.74, 6) is -0.987. The zero-order chi connectivity index (χ0) is 14.7. The van der Waals surface area contributed by atoms with E-state index in [0.29, 0.717) is 10.7 Å². The SMILES string of the molecule is COC(=O)c1ccc(Cl)c(NC(=O)c2cnn(C)n2)c1. The maximum atomic E-state index is 11.9. The van der Waals surface area contributed by atoms with Gasteiger partial charge in [-0.15, -0.1) is 5.10 Å². The first-order valence-corrected chi connectivity index (χ1v) is 5.94. The Hall–Kier alpha value is -2.41. The van der Waals surface area contributed by atoms with Crippen molar-refractivity contribution in [3.05, 3.63) is 40.7 Å². The van der Waals surface area contributed by atoms with Gasteiger partial charge in [0.1, 0.15) is 0 Å². The fourth-order valence-corrected chi connectivity index (χ4v) is 1.67. The van der Waals surface area contributed by atoms with Crippen LogP contribution in [0.5, 0.6) is 0 Å². The molecule has 0 fully saturated rings. The first-order valence-electron chi connectivity index (χ1n) is 5.57. The van der Waals surface area contributed by atoms with Gasteiger partial charge in [0.05, 0.1) is 29.6 Å². The molecule has 0 aliphatic carbocycles. The Morgan fingerprint density at radius 1 is 1.40 bits per heavy atom. The fraction of sp³-hybridized carbons (Fsp3) is 0.167. The number of rotatable bonds is 3. The Balaban J connectivity index is 2.24. The van der Waals surface area contributed by atoms with Crippen LogP contribution in [0.25, 0.3) is 0 Å². The normalized spacial score (nSPS) is 10.2. The molecule has 0 unspecified atom stereocenters. The van der Waals surface area contributed by atoms with E-state index in [-0.39, 0.29) is 11.3 Å². The van der Waals surface area contributed by atoms with Crippen molar-refractivity contribution in [3.8, 4) is 0 Å². The Morgan fingerprint density at radius 2 is 2.15 bits per heavy atom. The van der Waals surface area contributed by atoms with E-state index in [9.17, 15) is 9.59 Å². The minimum Gasteiger partial charge on any atom is -0.465 e. The second-order valence-electron chi connectivity index (χ2n) is 3.86. The van der Waals surface area contributed by atoms with Crippen molar-refractivity contribution in [2.24, 2.45) is 7.05 Å². The number of carbonyl (C=O) groups is 2. The lowest BCUT2D eigenvalue weighted by atomic mass is 10.2. The molecule has 1 N–H and O–H groups in total. The molecule has 0 spiro atoms. The van der Waals surface area contributed by atoms with Gasteiger partial charge in [-0.1, -0.05) is 11.6 Å². The molecular weight excluding hydrogens is 284 g/mol. The van der Waals surface area contributed by atoms with E-state index in [4.69, 9.17) is 11.6 Å². The smallest absolute Gasteiger partial charge is 0.337 e. The molecule has 1 aromatic heterocycles. The number of carbonyl (C=O) groups excluding carboxylic acids is 2. The average Bonchev–Trinajstić information content (AvgIpc) is 2.87. The highest BCUT2D eigenvalue weighted by molar-refractivity contribution is 6.34. The molecule has 0 bridgehead atoms. The maximum Gasteiger partial charge on any atom is 0.337 e. The van der Waals surface area contributed by atoms with E-state index in [1.165, 1.54) is 36.3 Å². The standard InChI is InChI=1S/C12H11ClN4O3/c1-17-14-6-10(16-17)11(18)15-9-5-7(12(19)20-2)3-4-8(9)13/h3-6H,1-2H3,(H,15,18). The molecule has 7 nitrogen and oxygen atoms in total. The molecule has 1 aromatic carbocycles. The molecule has 0 saturated carbocycles. The van der Waals surface area contributed by atoms with Crippen LogP contribution in [-0.2, 0) is 11.8 Å². The molecule has 0 radical (unpaired) electrons. The first-order chi connectivity index (χ1) is 9.51. The van der Waals surface area contributed by atoms with Gasteiger partial charge in [-0.3, -0.25) is 4.79 Å². The third kappa shape index (κ3) is 2.94. The minimum atomic E-state index is -0.517. The highest BCUT2D eigenvalue weighted by Crippen LogP contribution is 2.23. The number of nitrogens with one attached hydrogen (secondary N) is 1. The number of benzene rings is 1. The largest absolute Gasteiger partial charge is 0.465 e. The van der Waals surface area contributed by atoms with Gasteiger partial charge in [0.25, 0.3) is 5.91 Å². The van der Waals surface area contributed by atoms with Gasteiger partial charge in [-0.05, 0) is 18.2 Å². The van der Waals surface area contributed by atoms with Gasteiger partial charge < -0.3 is 10.1 Å². The van der Waals surface area contributed by atoms with Crippen molar-refractivity contribution in [2.75, 3.05) is 12.4 Å². The maximum absolute atomic E-state index is 11.9. The summed E-state index contributed by atoms with van der Waals surface area (Å²) >= 11 is 5.97. The molecular formula is C12H11ClN4O3. The zero-order valence-electron chi connectivity index (χ0n) is 10.8. The molecule has 2 rings (SSSR count). The van der Waals surface area contributed by atoms with Gasteiger partial charge >= 0.3 is 5.97 Å². The van der Waals surface area contributed by atoms with Crippen molar-refractivity contribution in [1.29, 1.82) is 0 Å². The van der Waals surface area contributed by atoms with E-state index in [1.54, 1.807) is 7.05 Å². The molecule has 104 valence electrons. The van der Waals surface area contributed by atoms with Gasteiger partial charge in [-0.2, -0.15) is 9.90 Å². The van der Waals surface area contributed by atoms with Crippen molar-refractivity contribution < 1.29 is 14.3 Å². The highest BCUT2D eigenvalue weighted by atomic mass is 35.5. The molecule has 20 heavy (non-hydrogen) atoms. The van der Waals surface area contributed by atoms with Crippen molar-refractivity contribution >= 4 is 29.2 Å². The number of hydrogen-bond acceptors (Lipinski definition) is 5. The number of nitrogens with zero attached hydrogens (tertiary/aromatic N) is 3.